The predicted molar refractivity (Wildman–Crippen MR) is 162 cm³/mol. The Morgan fingerprint density at radius 3 is 2.56 bits per heavy atom. The summed E-state index contributed by atoms with van der Waals surface area (Å²) in [6, 6.07) is 14.1. The summed E-state index contributed by atoms with van der Waals surface area (Å²) in [5, 5.41) is 3.02. The summed E-state index contributed by atoms with van der Waals surface area (Å²) in [5.41, 5.74) is 3.53. The molecule has 2 aromatic carbocycles. The lowest BCUT2D eigenvalue weighted by Gasteiger charge is -2.40. The Morgan fingerprint density at radius 2 is 1.84 bits per heavy atom. The number of methoxy groups -OCH3 is 1. The van der Waals surface area contributed by atoms with Crippen molar-refractivity contribution in [1.29, 1.82) is 0 Å². The van der Waals surface area contributed by atoms with Crippen LogP contribution < -0.4 is 20.4 Å². The Hall–Kier alpha value is -4.31. The molecule has 1 N–H and O–H groups in total. The minimum absolute atomic E-state index is 0.109. The molecule has 1 saturated heterocycles. The quantitative estimate of drug-likeness (QED) is 0.273. The zero-order chi connectivity index (χ0) is 30.1. The molecule has 2 aliphatic rings. The van der Waals surface area contributed by atoms with E-state index in [9.17, 15) is 18.4 Å². The largest absolute Gasteiger partial charge is 0.481 e. The Kier molecular flexibility index (Phi) is 8.12. The standard InChI is InChI=1S/C33H35F2N5O3/c1-21(41)37-24-5-7-25(8-6-24)38-13-3-4-27(20-38)39(17-22-11-12-36-32(14-22)43-2)18-23-19-40(26-9-10-26)31-16-30(35)29(34)15-28(31)33(23)42/h5-8,11-12,14-16,19,26-27H,3-4,9-10,13,17-18,20H2,1-2H3,(H,37,41)/t27-/m0/s1. The highest BCUT2D eigenvalue weighted by molar-refractivity contribution is 5.88. The number of rotatable bonds is 9. The first kappa shape index (κ1) is 28.8. The molecule has 3 heterocycles. The van der Waals surface area contributed by atoms with Gasteiger partial charge < -0.3 is 19.5 Å². The van der Waals surface area contributed by atoms with E-state index >= 15 is 0 Å². The summed E-state index contributed by atoms with van der Waals surface area (Å²) in [7, 11) is 1.58. The molecule has 224 valence electrons. The molecular formula is C33H35F2N5O3. The molecule has 1 amide bonds. The van der Waals surface area contributed by atoms with Crippen LogP contribution >= 0.6 is 0 Å². The van der Waals surface area contributed by atoms with Crippen LogP contribution in [0.5, 0.6) is 5.88 Å². The van der Waals surface area contributed by atoms with Gasteiger partial charge in [-0.05, 0) is 67.6 Å². The number of amides is 1. The van der Waals surface area contributed by atoms with Gasteiger partial charge in [-0.15, -0.1) is 0 Å². The number of carbonyl (C=O) groups excluding carboxylic acids is 1. The molecule has 10 heteroatoms. The third-order valence-corrected chi connectivity index (χ3v) is 8.32. The molecule has 2 aromatic heterocycles. The SMILES string of the molecule is COc1cc(CN(Cc2cn(C3CC3)c3cc(F)c(F)cc3c2=O)[C@H]2CCCN(c3ccc(NC(C)=O)cc3)C2)ccn1. The lowest BCUT2D eigenvalue weighted by atomic mass is 10.0. The predicted octanol–water partition coefficient (Wildman–Crippen LogP) is 5.65. The van der Waals surface area contributed by atoms with Gasteiger partial charge in [-0.2, -0.15) is 0 Å². The van der Waals surface area contributed by atoms with E-state index in [1.54, 1.807) is 13.3 Å². The third kappa shape index (κ3) is 6.39. The third-order valence-electron chi connectivity index (χ3n) is 8.32. The minimum atomic E-state index is -1.02. The van der Waals surface area contributed by atoms with E-state index in [0.717, 1.165) is 67.8 Å². The fraction of sp³-hybridized carbons (Fsp3) is 0.364. The number of nitrogens with zero attached hydrogens (tertiary/aromatic N) is 4. The van der Waals surface area contributed by atoms with Gasteiger partial charge in [0.25, 0.3) is 0 Å². The van der Waals surface area contributed by atoms with Gasteiger partial charge in [0.2, 0.25) is 11.8 Å². The first-order chi connectivity index (χ1) is 20.8. The normalized spacial score (nSPS) is 17.0. The van der Waals surface area contributed by atoms with E-state index in [1.165, 1.54) is 6.92 Å². The number of carbonyl (C=O) groups is 1. The number of piperidine rings is 1. The van der Waals surface area contributed by atoms with Crippen molar-refractivity contribution >= 4 is 28.2 Å². The number of hydrogen-bond donors (Lipinski definition) is 1. The molecule has 6 rings (SSSR count). The molecule has 1 saturated carbocycles. The number of halogens is 2. The number of benzene rings is 2. The van der Waals surface area contributed by atoms with Gasteiger partial charge in [0, 0.05) is 92.0 Å². The Labute approximate surface area is 248 Å². The van der Waals surface area contributed by atoms with Crippen molar-refractivity contribution < 1.29 is 18.3 Å². The highest BCUT2D eigenvalue weighted by Gasteiger charge is 2.29. The van der Waals surface area contributed by atoms with Gasteiger partial charge in [0.1, 0.15) is 0 Å². The number of hydrogen-bond acceptors (Lipinski definition) is 6. The van der Waals surface area contributed by atoms with E-state index in [4.69, 9.17) is 4.74 Å². The maximum Gasteiger partial charge on any atom is 0.221 e. The summed E-state index contributed by atoms with van der Waals surface area (Å²) in [4.78, 5) is 34.1. The maximum atomic E-state index is 14.3. The van der Waals surface area contributed by atoms with Gasteiger partial charge in [0.15, 0.2) is 17.1 Å². The number of fused-ring (bicyclic) bond motifs is 1. The molecule has 0 radical (unpaired) electrons. The Bertz CT molecular complexity index is 1700. The summed E-state index contributed by atoms with van der Waals surface area (Å²) in [6.45, 7) is 4.02. The zero-order valence-electron chi connectivity index (χ0n) is 24.4. The summed E-state index contributed by atoms with van der Waals surface area (Å²) in [6.07, 6.45) is 7.34. The van der Waals surface area contributed by atoms with Crippen LogP contribution in [0.4, 0.5) is 20.2 Å². The van der Waals surface area contributed by atoms with Gasteiger partial charge in [-0.1, -0.05) is 0 Å². The second kappa shape index (κ2) is 12.1. The average molecular weight is 588 g/mol. The van der Waals surface area contributed by atoms with Crippen LogP contribution in [-0.2, 0) is 17.9 Å². The van der Waals surface area contributed by atoms with E-state index in [1.807, 2.05) is 47.2 Å². The number of aromatic nitrogens is 2. The van der Waals surface area contributed by atoms with E-state index in [2.05, 4.69) is 20.1 Å². The van der Waals surface area contributed by atoms with Crippen LogP contribution in [0.1, 0.15) is 49.8 Å². The number of ether oxygens (including phenoxy) is 1. The monoisotopic (exact) mass is 587 g/mol. The van der Waals surface area contributed by atoms with E-state index < -0.39 is 11.6 Å². The van der Waals surface area contributed by atoms with Gasteiger partial charge in [-0.25, -0.2) is 13.8 Å². The summed E-state index contributed by atoms with van der Waals surface area (Å²) < 4.78 is 35.9. The van der Waals surface area contributed by atoms with Gasteiger partial charge in [0.05, 0.1) is 12.6 Å². The van der Waals surface area contributed by atoms with Crippen molar-refractivity contribution in [3.05, 3.63) is 93.9 Å². The molecule has 43 heavy (non-hydrogen) atoms. The van der Waals surface area contributed by atoms with E-state index in [-0.39, 0.29) is 28.8 Å². The fourth-order valence-corrected chi connectivity index (χ4v) is 6.04. The molecule has 4 aromatic rings. The van der Waals surface area contributed by atoms with Crippen molar-refractivity contribution in [2.45, 2.75) is 57.8 Å². The zero-order valence-corrected chi connectivity index (χ0v) is 24.4. The molecule has 1 aliphatic heterocycles. The molecular weight excluding hydrogens is 552 g/mol. The molecule has 0 bridgehead atoms. The van der Waals surface area contributed by atoms with Crippen molar-refractivity contribution in [2.75, 3.05) is 30.4 Å². The first-order valence-electron chi connectivity index (χ1n) is 14.7. The lowest BCUT2D eigenvalue weighted by Crippen LogP contribution is -2.48. The number of pyridine rings is 2. The summed E-state index contributed by atoms with van der Waals surface area (Å²) >= 11 is 0. The molecule has 8 nitrogen and oxygen atoms in total. The topological polar surface area (TPSA) is 79.7 Å². The fourth-order valence-electron chi connectivity index (χ4n) is 6.04. The molecule has 1 aliphatic carbocycles. The molecule has 2 fully saturated rings. The van der Waals surface area contributed by atoms with Gasteiger partial charge >= 0.3 is 0 Å². The Balaban J connectivity index is 1.34. The Morgan fingerprint density at radius 1 is 1.07 bits per heavy atom. The smallest absolute Gasteiger partial charge is 0.221 e. The number of anilines is 2. The van der Waals surface area contributed by atoms with E-state index in [0.29, 0.717) is 30.0 Å². The highest BCUT2D eigenvalue weighted by Crippen LogP contribution is 2.37. The van der Waals surface area contributed by atoms with Crippen LogP contribution in [0.25, 0.3) is 10.9 Å². The lowest BCUT2D eigenvalue weighted by molar-refractivity contribution is -0.114. The van der Waals surface area contributed by atoms with Crippen LogP contribution in [0.2, 0.25) is 0 Å². The van der Waals surface area contributed by atoms with Crippen LogP contribution in [0, 0.1) is 11.6 Å². The highest BCUT2D eigenvalue weighted by atomic mass is 19.2. The number of nitrogens with one attached hydrogen (secondary N) is 1. The van der Waals surface area contributed by atoms with Crippen molar-refractivity contribution in [1.82, 2.24) is 14.5 Å². The van der Waals surface area contributed by atoms with Crippen LogP contribution in [0.3, 0.4) is 0 Å². The van der Waals surface area contributed by atoms with Crippen molar-refractivity contribution in [2.24, 2.45) is 0 Å². The average Bonchev–Trinajstić information content (AvgIpc) is 3.85. The van der Waals surface area contributed by atoms with Gasteiger partial charge in [-0.3, -0.25) is 14.5 Å². The second-order valence-electron chi connectivity index (χ2n) is 11.5. The summed E-state index contributed by atoms with van der Waals surface area (Å²) in [5.74, 6) is -1.57. The first-order valence-corrected chi connectivity index (χ1v) is 14.7. The minimum Gasteiger partial charge on any atom is -0.481 e. The van der Waals surface area contributed by atoms with Crippen molar-refractivity contribution in [3.63, 3.8) is 0 Å². The molecule has 1 atom stereocenters. The maximum absolute atomic E-state index is 14.3. The van der Waals surface area contributed by atoms with Crippen LogP contribution in [-0.4, -0.2) is 46.6 Å². The van der Waals surface area contributed by atoms with Crippen LogP contribution in [0.15, 0.2) is 65.7 Å². The second-order valence-corrected chi connectivity index (χ2v) is 11.5. The molecule has 0 spiro atoms. The van der Waals surface area contributed by atoms with Crippen molar-refractivity contribution in [3.8, 4) is 5.88 Å². The molecule has 0 unspecified atom stereocenters.